The van der Waals surface area contributed by atoms with Crippen LogP contribution in [-0.4, -0.2) is 5.91 Å². The Morgan fingerprint density at radius 2 is 1.92 bits per heavy atom. The summed E-state index contributed by atoms with van der Waals surface area (Å²) in [7, 11) is 0. The second kappa shape index (κ2) is 3.18. The summed E-state index contributed by atoms with van der Waals surface area (Å²) >= 11 is 0. The lowest BCUT2D eigenvalue weighted by atomic mass is 9.89. The highest BCUT2D eigenvalue weighted by Gasteiger charge is 2.28. The minimum atomic E-state index is -1.08. The first-order chi connectivity index (χ1) is 5.96. The van der Waals surface area contributed by atoms with Crippen molar-refractivity contribution in [2.24, 2.45) is 11.5 Å². The van der Waals surface area contributed by atoms with Crippen LogP contribution >= 0.6 is 0 Å². The van der Waals surface area contributed by atoms with Crippen LogP contribution in [0.5, 0.6) is 0 Å². The van der Waals surface area contributed by atoms with Gasteiger partial charge in [0.1, 0.15) is 5.54 Å². The number of benzene rings is 1. The quantitative estimate of drug-likeness (QED) is 0.698. The summed E-state index contributed by atoms with van der Waals surface area (Å²) in [6.07, 6.45) is 0. The average molecular weight is 178 g/mol. The fourth-order valence-electron chi connectivity index (χ4n) is 1.29. The molecule has 3 nitrogen and oxygen atoms in total. The van der Waals surface area contributed by atoms with Gasteiger partial charge in [-0.3, -0.25) is 4.79 Å². The molecule has 0 fully saturated rings. The zero-order valence-corrected chi connectivity index (χ0v) is 7.87. The van der Waals surface area contributed by atoms with Crippen LogP contribution < -0.4 is 11.5 Å². The Hall–Kier alpha value is -1.35. The third-order valence-electron chi connectivity index (χ3n) is 2.22. The summed E-state index contributed by atoms with van der Waals surface area (Å²) in [6.45, 7) is 3.53. The van der Waals surface area contributed by atoms with Crippen molar-refractivity contribution in [3.63, 3.8) is 0 Å². The van der Waals surface area contributed by atoms with Crippen molar-refractivity contribution >= 4 is 5.91 Å². The lowest BCUT2D eigenvalue weighted by Crippen LogP contribution is -2.46. The molecule has 0 unspecified atom stereocenters. The van der Waals surface area contributed by atoms with Gasteiger partial charge in [-0.2, -0.15) is 0 Å². The Balaban J connectivity index is 3.22. The van der Waals surface area contributed by atoms with Crippen LogP contribution in [0.2, 0.25) is 0 Å². The molecule has 0 radical (unpaired) electrons. The van der Waals surface area contributed by atoms with E-state index in [0.29, 0.717) is 0 Å². The predicted octanol–water partition coefficient (Wildman–Crippen LogP) is 0.654. The zero-order chi connectivity index (χ0) is 10.1. The van der Waals surface area contributed by atoms with Gasteiger partial charge in [0.05, 0.1) is 0 Å². The van der Waals surface area contributed by atoms with Gasteiger partial charge in [-0.1, -0.05) is 24.3 Å². The molecule has 4 N–H and O–H groups in total. The number of carbonyl (C=O) groups excluding carboxylic acids is 1. The van der Waals surface area contributed by atoms with Crippen LogP contribution in [0.15, 0.2) is 24.3 Å². The Labute approximate surface area is 77.7 Å². The van der Waals surface area contributed by atoms with E-state index in [4.69, 9.17) is 11.5 Å². The smallest absolute Gasteiger partial charge is 0.241 e. The molecule has 0 spiro atoms. The van der Waals surface area contributed by atoms with Crippen molar-refractivity contribution in [1.29, 1.82) is 0 Å². The fraction of sp³-hybridized carbons (Fsp3) is 0.300. The Bertz CT molecular complexity index is 331. The number of hydrogen-bond acceptors (Lipinski definition) is 2. The summed E-state index contributed by atoms with van der Waals surface area (Å²) in [5.41, 5.74) is 11.7. The molecule has 1 aromatic rings. The molecule has 0 saturated heterocycles. The second-order valence-electron chi connectivity index (χ2n) is 3.38. The van der Waals surface area contributed by atoms with E-state index in [2.05, 4.69) is 0 Å². The van der Waals surface area contributed by atoms with Crippen LogP contribution in [0.3, 0.4) is 0 Å². The Morgan fingerprint density at radius 1 is 1.38 bits per heavy atom. The van der Waals surface area contributed by atoms with Crippen molar-refractivity contribution in [2.75, 3.05) is 0 Å². The number of rotatable bonds is 2. The van der Waals surface area contributed by atoms with Gasteiger partial charge in [0.15, 0.2) is 0 Å². The minimum Gasteiger partial charge on any atom is -0.368 e. The Kier molecular flexibility index (Phi) is 2.38. The van der Waals surface area contributed by atoms with E-state index in [0.717, 1.165) is 11.1 Å². The SMILES string of the molecule is Cc1ccccc1[C@@](C)(N)C(N)=O. The molecule has 0 aliphatic rings. The maximum absolute atomic E-state index is 11.1. The number of amides is 1. The van der Waals surface area contributed by atoms with Crippen molar-refractivity contribution in [3.05, 3.63) is 35.4 Å². The summed E-state index contributed by atoms with van der Waals surface area (Å²) in [5, 5.41) is 0. The number of aryl methyl sites for hydroxylation is 1. The van der Waals surface area contributed by atoms with E-state index >= 15 is 0 Å². The van der Waals surface area contributed by atoms with Crippen molar-refractivity contribution < 1.29 is 4.79 Å². The molecule has 0 aliphatic carbocycles. The Morgan fingerprint density at radius 3 is 2.38 bits per heavy atom. The highest BCUT2D eigenvalue weighted by Crippen LogP contribution is 2.20. The molecule has 1 amide bonds. The first kappa shape index (κ1) is 9.74. The minimum absolute atomic E-state index is 0.512. The van der Waals surface area contributed by atoms with Gasteiger partial charge < -0.3 is 11.5 Å². The highest BCUT2D eigenvalue weighted by molar-refractivity contribution is 5.85. The molecule has 1 rings (SSSR count). The largest absolute Gasteiger partial charge is 0.368 e. The average Bonchev–Trinajstić information content (AvgIpc) is 2.04. The van der Waals surface area contributed by atoms with Crippen LogP contribution in [0.4, 0.5) is 0 Å². The highest BCUT2D eigenvalue weighted by atomic mass is 16.1. The molecule has 3 heteroatoms. The molecule has 0 aromatic heterocycles. The van der Waals surface area contributed by atoms with Crippen LogP contribution in [0, 0.1) is 6.92 Å². The van der Waals surface area contributed by atoms with Gasteiger partial charge in [0, 0.05) is 0 Å². The van der Waals surface area contributed by atoms with E-state index in [9.17, 15) is 4.79 Å². The summed E-state index contributed by atoms with van der Waals surface area (Å²) in [5.74, 6) is -0.512. The fourth-order valence-corrected chi connectivity index (χ4v) is 1.29. The van der Waals surface area contributed by atoms with E-state index in [1.165, 1.54) is 0 Å². The van der Waals surface area contributed by atoms with E-state index in [1.54, 1.807) is 6.92 Å². The molecule has 13 heavy (non-hydrogen) atoms. The van der Waals surface area contributed by atoms with Gasteiger partial charge >= 0.3 is 0 Å². The predicted molar refractivity (Wildman–Crippen MR) is 51.9 cm³/mol. The number of primary amides is 1. The first-order valence-electron chi connectivity index (χ1n) is 4.11. The van der Waals surface area contributed by atoms with E-state index in [1.807, 2.05) is 31.2 Å². The van der Waals surface area contributed by atoms with Gasteiger partial charge in [-0.15, -0.1) is 0 Å². The van der Waals surface area contributed by atoms with Gasteiger partial charge in [-0.25, -0.2) is 0 Å². The maximum atomic E-state index is 11.1. The lowest BCUT2D eigenvalue weighted by Gasteiger charge is -2.22. The van der Waals surface area contributed by atoms with Crippen LogP contribution in [0.1, 0.15) is 18.1 Å². The van der Waals surface area contributed by atoms with Gasteiger partial charge in [-0.05, 0) is 25.0 Å². The molecule has 0 saturated carbocycles. The van der Waals surface area contributed by atoms with Crippen molar-refractivity contribution in [1.82, 2.24) is 0 Å². The third kappa shape index (κ3) is 1.70. The second-order valence-corrected chi connectivity index (χ2v) is 3.38. The standard InChI is InChI=1S/C10H14N2O/c1-7-5-3-4-6-8(7)10(2,12)9(11)13/h3-6H,12H2,1-2H3,(H2,11,13)/t10-/m1/s1. The molecule has 1 aromatic carbocycles. The molecule has 70 valence electrons. The van der Waals surface area contributed by atoms with E-state index < -0.39 is 11.4 Å². The first-order valence-corrected chi connectivity index (χ1v) is 4.11. The molecule has 0 bridgehead atoms. The normalized spacial score (nSPS) is 15.0. The summed E-state index contributed by atoms with van der Waals surface area (Å²) in [6, 6.07) is 7.47. The molecule has 0 aliphatic heterocycles. The van der Waals surface area contributed by atoms with Crippen molar-refractivity contribution in [3.8, 4) is 0 Å². The molecular formula is C10H14N2O. The monoisotopic (exact) mass is 178 g/mol. The molecule has 1 atom stereocenters. The topological polar surface area (TPSA) is 69.1 Å². The number of nitrogens with two attached hydrogens (primary N) is 2. The van der Waals surface area contributed by atoms with Crippen LogP contribution in [0.25, 0.3) is 0 Å². The lowest BCUT2D eigenvalue weighted by molar-refractivity contribution is -0.122. The van der Waals surface area contributed by atoms with Crippen molar-refractivity contribution in [2.45, 2.75) is 19.4 Å². The van der Waals surface area contributed by atoms with Gasteiger partial charge in [0.2, 0.25) is 5.91 Å². The van der Waals surface area contributed by atoms with E-state index in [-0.39, 0.29) is 0 Å². The van der Waals surface area contributed by atoms with Gasteiger partial charge in [0.25, 0.3) is 0 Å². The maximum Gasteiger partial charge on any atom is 0.241 e. The summed E-state index contributed by atoms with van der Waals surface area (Å²) < 4.78 is 0. The number of carbonyl (C=O) groups is 1. The third-order valence-corrected chi connectivity index (χ3v) is 2.22. The number of hydrogen-bond donors (Lipinski definition) is 2. The zero-order valence-electron chi connectivity index (χ0n) is 7.87. The molecular weight excluding hydrogens is 164 g/mol. The molecule has 0 heterocycles. The summed E-state index contributed by atoms with van der Waals surface area (Å²) in [4.78, 5) is 11.1. The van der Waals surface area contributed by atoms with Crippen LogP contribution in [-0.2, 0) is 10.3 Å².